The zero-order valence-corrected chi connectivity index (χ0v) is 12.3. The van der Waals surface area contributed by atoms with Gasteiger partial charge in [0, 0.05) is 6.42 Å². The van der Waals surface area contributed by atoms with Crippen LogP contribution in [-0.4, -0.2) is 43.4 Å². The summed E-state index contributed by atoms with van der Waals surface area (Å²) in [6.07, 6.45) is 3.65. The summed E-state index contributed by atoms with van der Waals surface area (Å²) in [7, 11) is -5.89. The maximum atomic E-state index is 12.7. The lowest BCUT2D eigenvalue weighted by atomic mass is 10.2. The molecule has 124 valence electrons. The van der Waals surface area contributed by atoms with Gasteiger partial charge in [0.2, 0.25) is 0 Å². The minimum atomic E-state index is -5.89. The highest BCUT2D eigenvalue weighted by molar-refractivity contribution is 7.87. The average molecular weight is 332 g/mol. The third kappa shape index (κ3) is 7.32. The Hall–Kier alpha value is -1.29. The van der Waals surface area contributed by atoms with Gasteiger partial charge in [0.1, 0.15) is 13.2 Å². The summed E-state index contributed by atoms with van der Waals surface area (Å²) in [6.45, 7) is 0.805. The first-order valence-electron chi connectivity index (χ1n) is 6.30. The molecule has 0 unspecified atom stereocenters. The molecule has 0 aromatic rings. The number of hydrogen-bond donors (Lipinski definition) is 1. The van der Waals surface area contributed by atoms with Gasteiger partial charge >= 0.3 is 27.3 Å². The summed E-state index contributed by atoms with van der Waals surface area (Å²) in [4.78, 5) is 21.9. The summed E-state index contributed by atoms with van der Waals surface area (Å²) >= 11 is 0. The van der Waals surface area contributed by atoms with Crippen molar-refractivity contribution < 1.29 is 40.8 Å². The van der Waals surface area contributed by atoms with Crippen LogP contribution in [0.4, 0.5) is 8.78 Å². The van der Waals surface area contributed by atoms with Crippen molar-refractivity contribution >= 4 is 22.1 Å². The van der Waals surface area contributed by atoms with E-state index in [0.29, 0.717) is 6.42 Å². The Bertz CT molecular complexity index is 447. The largest absolute Gasteiger partial charge is 0.465 e. The minimum Gasteiger partial charge on any atom is -0.462 e. The highest BCUT2D eigenvalue weighted by Crippen LogP contribution is 2.21. The fraction of sp³-hybridized carbons (Fsp3) is 0.818. The van der Waals surface area contributed by atoms with Crippen LogP contribution in [0.15, 0.2) is 0 Å². The van der Waals surface area contributed by atoms with E-state index in [1.54, 1.807) is 0 Å². The lowest BCUT2D eigenvalue weighted by Crippen LogP contribution is -2.39. The van der Waals surface area contributed by atoms with Crippen LogP contribution < -0.4 is 0 Å². The van der Waals surface area contributed by atoms with Crippen LogP contribution in [0.5, 0.6) is 0 Å². The van der Waals surface area contributed by atoms with Crippen molar-refractivity contribution in [2.45, 2.75) is 44.3 Å². The average Bonchev–Trinajstić information content (AvgIpc) is 2.38. The third-order valence-electron chi connectivity index (χ3n) is 2.38. The monoisotopic (exact) mass is 332 g/mol. The van der Waals surface area contributed by atoms with E-state index in [4.69, 9.17) is 4.55 Å². The van der Waals surface area contributed by atoms with Gasteiger partial charge in [-0.3, -0.25) is 9.35 Å². The van der Waals surface area contributed by atoms with Gasteiger partial charge in [-0.05, 0) is 6.42 Å². The Balaban J connectivity index is 3.91. The molecule has 10 heteroatoms. The second kappa shape index (κ2) is 8.88. The molecular formula is C11H18F2O7S. The molecule has 0 saturated heterocycles. The highest BCUT2D eigenvalue weighted by atomic mass is 32.2. The van der Waals surface area contributed by atoms with Crippen LogP contribution in [-0.2, 0) is 29.2 Å². The number of carbonyl (C=O) groups is 2. The number of rotatable bonds is 10. The number of hydrogen-bond acceptors (Lipinski definition) is 6. The molecule has 0 heterocycles. The standard InChI is InChI=1S/C11H18F2O7S/c1-2-3-4-5-6-9(14)19-7-8-20-10(15)11(12,13)21(16,17)18/h2-8H2,1H3,(H,16,17,18). The molecule has 0 amide bonds. The van der Waals surface area contributed by atoms with Gasteiger partial charge in [0.15, 0.2) is 0 Å². The minimum absolute atomic E-state index is 0.162. The summed E-state index contributed by atoms with van der Waals surface area (Å²) in [5.74, 6) is -2.99. The van der Waals surface area contributed by atoms with Crippen molar-refractivity contribution in [2.24, 2.45) is 0 Å². The Morgan fingerprint density at radius 3 is 2.19 bits per heavy atom. The first kappa shape index (κ1) is 19.7. The summed E-state index contributed by atoms with van der Waals surface area (Å²) in [5, 5.41) is -5.04. The van der Waals surface area contributed by atoms with E-state index in [0.717, 1.165) is 19.3 Å². The molecule has 0 bridgehead atoms. The Kier molecular flexibility index (Phi) is 8.33. The molecule has 0 rings (SSSR count). The SMILES string of the molecule is CCCCCCC(=O)OCCOC(=O)C(F)(F)S(=O)(=O)O. The molecule has 7 nitrogen and oxygen atoms in total. The second-order valence-corrected chi connectivity index (χ2v) is 5.62. The normalized spacial score (nSPS) is 12.0. The lowest BCUT2D eigenvalue weighted by Gasteiger charge is -2.12. The predicted octanol–water partition coefficient (Wildman–Crippen LogP) is 1.52. The number of alkyl halides is 2. The number of unbranched alkanes of at least 4 members (excludes halogenated alkanes) is 3. The van der Waals surface area contributed by atoms with Crippen molar-refractivity contribution in [3.05, 3.63) is 0 Å². The van der Waals surface area contributed by atoms with Crippen LogP contribution in [0.3, 0.4) is 0 Å². The van der Waals surface area contributed by atoms with E-state index in [1.165, 1.54) is 0 Å². The van der Waals surface area contributed by atoms with E-state index >= 15 is 0 Å². The van der Waals surface area contributed by atoms with E-state index in [9.17, 15) is 26.8 Å². The zero-order valence-electron chi connectivity index (χ0n) is 11.5. The smallest absolute Gasteiger partial charge is 0.462 e. The second-order valence-electron chi connectivity index (χ2n) is 4.16. The molecule has 0 saturated carbocycles. The van der Waals surface area contributed by atoms with Gasteiger partial charge in [0.05, 0.1) is 0 Å². The summed E-state index contributed by atoms with van der Waals surface area (Å²) < 4.78 is 62.6. The third-order valence-corrected chi connectivity index (χ3v) is 3.19. The zero-order chi connectivity index (χ0) is 16.5. The molecule has 0 aromatic heterocycles. The van der Waals surface area contributed by atoms with Crippen LogP contribution in [0.2, 0.25) is 0 Å². The summed E-state index contributed by atoms with van der Waals surface area (Å²) in [5.41, 5.74) is 0. The quantitative estimate of drug-likeness (QED) is 0.367. The van der Waals surface area contributed by atoms with E-state index in [1.807, 2.05) is 6.92 Å². The fourth-order valence-electron chi connectivity index (χ4n) is 1.25. The molecular weight excluding hydrogens is 314 g/mol. The number of ether oxygens (including phenoxy) is 2. The first-order valence-corrected chi connectivity index (χ1v) is 7.74. The van der Waals surface area contributed by atoms with Crippen LogP contribution in [0, 0.1) is 0 Å². The first-order chi connectivity index (χ1) is 9.63. The molecule has 0 fully saturated rings. The van der Waals surface area contributed by atoms with Gasteiger partial charge in [-0.1, -0.05) is 26.2 Å². The molecule has 0 spiro atoms. The van der Waals surface area contributed by atoms with Crippen molar-refractivity contribution in [2.75, 3.05) is 13.2 Å². The van der Waals surface area contributed by atoms with Crippen LogP contribution in [0.25, 0.3) is 0 Å². The predicted molar refractivity (Wildman–Crippen MR) is 67.2 cm³/mol. The van der Waals surface area contributed by atoms with Gasteiger partial charge in [-0.15, -0.1) is 0 Å². The van der Waals surface area contributed by atoms with Crippen molar-refractivity contribution in [1.29, 1.82) is 0 Å². The molecule has 0 atom stereocenters. The van der Waals surface area contributed by atoms with Gasteiger partial charge < -0.3 is 9.47 Å². The summed E-state index contributed by atoms with van der Waals surface area (Å²) in [6, 6.07) is 0. The Morgan fingerprint density at radius 1 is 1.10 bits per heavy atom. The highest BCUT2D eigenvalue weighted by Gasteiger charge is 2.54. The van der Waals surface area contributed by atoms with Crippen molar-refractivity contribution in [3.63, 3.8) is 0 Å². The maximum absolute atomic E-state index is 12.7. The van der Waals surface area contributed by atoms with Gasteiger partial charge in [-0.2, -0.15) is 17.2 Å². The van der Waals surface area contributed by atoms with Crippen LogP contribution in [0.1, 0.15) is 39.0 Å². The van der Waals surface area contributed by atoms with E-state index in [2.05, 4.69) is 9.47 Å². The molecule has 21 heavy (non-hydrogen) atoms. The Labute approximate surface area is 121 Å². The topological polar surface area (TPSA) is 107 Å². The number of esters is 2. The van der Waals surface area contributed by atoms with E-state index < -0.39 is 40.5 Å². The molecule has 0 aliphatic carbocycles. The van der Waals surface area contributed by atoms with E-state index in [-0.39, 0.29) is 6.42 Å². The molecule has 0 aromatic carbocycles. The number of halogens is 2. The molecule has 0 aliphatic heterocycles. The van der Waals surface area contributed by atoms with Gasteiger partial charge in [0.25, 0.3) is 0 Å². The molecule has 0 aliphatic rings. The Morgan fingerprint density at radius 2 is 1.67 bits per heavy atom. The van der Waals surface area contributed by atoms with Gasteiger partial charge in [-0.25, -0.2) is 4.79 Å². The van der Waals surface area contributed by atoms with Crippen molar-refractivity contribution in [1.82, 2.24) is 0 Å². The van der Waals surface area contributed by atoms with Crippen LogP contribution >= 0.6 is 0 Å². The molecule has 0 radical (unpaired) electrons. The van der Waals surface area contributed by atoms with Crippen molar-refractivity contribution in [3.8, 4) is 0 Å². The maximum Gasteiger partial charge on any atom is 0.465 e. The molecule has 1 N–H and O–H groups in total. The number of carbonyl (C=O) groups excluding carboxylic acids is 2. The fourth-order valence-corrected chi connectivity index (χ4v) is 1.52. The lowest BCUT2D eigenvalue weighted by molar-refractivity contribution is -0.165.